The molecule has 5 aromatic carbocycles. The molecule has 2 heterocycles. The van der Waals surface area contributed by atoms with Crippen LogP contribution < -0.4 is 38.1 Å². The number of fused-ring (bicyclic) bond motifs is 3. The smallest absolute Gasteiger partial charge is 0.243 e. The molecule has 0 radical (unpaired) electrons. The van der Waals surface area contributed by atoms with E-state index >= 15 is 0 Å². The third-order valence-electron chi connectivity index (χ3n) is 11.2. The van der Waals surface area contributed by atoms with Gasteiger partial charge in [-0.3, -0.25) is 24.0 Å². The lowest BCUT2D eigenvalue weighted by atomic mass is 9.99. The fraction of sp³-hybridized carbons (Fsp3) is 0.240. The highest BCUT2D eigenvalue weighted by Crippen LogP contribution is 2.21. The molecule has 14 nitrogen and oxygen atoms in total. The largest absolute Gasteiger partial charge is 0.370 e. The maximum atomic E-state index is 14.6. The topological polar surface area (TPSA) is 226 Å². The molecule has 0 bridgehead atoms. The second kappa shape index (κ2) is 21.5. The van der Waals surface area contributed by atoms with Gasteiger partial charge in [0.2, 0.25) is 29.5 Å². The molecule has 0 saturated heterocycles. The molecule has 0 aliphatic heterocycles. The van der Waals surface area contributed by atoms with Crippen molar-refractivity contribution in [3.8, 4) is 0 Å². The molecule has 0 aliphatic carbocycles. The summed E-state index contributed by atoms with van der Waals surface area (Å²) in [7, 11) is 0. The number of hydrogen-bond donors (Lipinski definition) is 8. The number of aromatic amines is 1. The lowest BCUT2D eigenvalue weighted by Crippen LogP contribution is -2.59. The highest BCUT2D eigenvalue weighted by atomic mass is 16.2. The van der Waals surface area contributed by atoms with E-state index in [1.165, 1.54) is 0 Å². The number of nitrogens with zero attached hydrogens (tertiary/aromatic N) is 1. The molecule has 0 aliphatic rings. The molecule has 328 valence electrons. The van der Waals surface area contributed by atoms with Crippen molar-refractivity contribution in [2.75, 3.05) is 18.4 Å². The molecule has 7 aromatic rings. The predicted octanol–water partition coefficient (Wildman–Crippen LogP) is 4.56. The summed E-state index contributed by atoms with van der Waals surface area (Å²) in [6.45, 7) is 0.239. The van der Waals surface area contributed by atoms with E-state index in [4.69, 9.17) is 11.5 Å². The predicted molar refractivity (Wildman–Crippen MR) is 250 cm³/mol. The van der Waals surface area contributed by atoms with Crippen LogP contribution in [0.15, 0.2) is 140 Å². The fourth-order valence-corrected chi connectivity index (χ4v) is 7.81. The number of carbonyl (C=O) groups is 5. The molecule has 0 saturated carbocycles. The van der Waals surface area contributed by atoms with Gasteiger partial charge in [0.15, 0.2) is 0 Å². The van der Waals surface area contributed by atoms with Crippen LogP contribution in [-0.4, -0.2) is 76.8 Å². The van der Waals surface area contributed by atoms with Crippen LogP contribution in [0.4, 0.5) is 5.82 Å². The first-order valence-electron chi connectivity index (χ1n) is 21.5. The number of nitrogens with one attached hydrogen (secondary N) is 6. The minimum Gasteiger partial charge on any atom is -0.370 e. The molecule has 0 fully saturated rings. The highest BCUT2D eigenvalue weighted by Gasteiger charge is 2.32. The molecule has 5 amide bonds. The van der Waals surface area contributed by atoms with E-state index in [9.17, 15) is 24.0 Å². The standard InChI is InChI=1S/C50H53N9O5/c51-30-46(60)56-42(28-33-21-22-34-14-4-5-16-36(34)26-33)48(62)59-44(29-37-31-54-40-19-9-7-17-38(37)40)50(64)58-43(27-32-12-2-1-3-13-32)49(63)57-41(47(52)61)20-10-11-25-53-45-24-23-35-15-6-8-18-39(35)55-45/h1-9,12-19,21-24,26,31,41-44,54H,10-11,20,25,27-30,51H2,(H2,52,61)(H,53,55)(H,56,60)(H,57,63)(H,58,64)(H,59,62)/t41-,42+,43+,44-/m0/s1. The van der Waals surface area contributed by atoms with E-state index in [0.717, 1.165) is 55.1 Å². The van der Waals surface area contributed by atoms with Crippen molar-refractivity contribution < 1.29 is 24.0 Å². The Hall–Kier alpha value is -7.58. The van der Waals surface area contributed by atoms with Crippen LogP contribution in [0.3, 0.4) is 0 Å². The number of anilines is 1. The van der Waals surface area contributed by atoms with Crippen molar-refractivity contribution in [3.05, 3.63) is 156 Å². The molecule has 4 atom stereocenters. The molecular weight excluding hydrogens is 807 g/mol. The van der Waals surface area contributed by atoms with Gasteiger partial charge < -0.3 is 43.0 Å². The Kier molecular flexibility index (Phi) is 14.9. The van der Waals surface area contributed by atoms with Crippen LogP contribution in [-0.2, 0) is 43.2 Å². The second-order valence-electron chi connectivity index (χ2n) is 15.9. The van der Waals surface area contributed by atoms with Crippen molar-refractivity contribution in [3.63, 3.8) is 0 Å². The van der Waals surface area contributed by atoms with Crippen molar-refractivity contribution >= 4 is 67.9 Å². The summed E-state index contributed by atoms with van der Waals surface area (Å²) in [6.07, 6.45) is 3.52. The Morgan fingerprint density at radius 1 is 0.578 bits per heavy atom. The Morgan fingerprint density at radius 2 is 1.19 bits per heavy atom. The summed E-state index contributed by atoms with van der Waals surface area (Å²) in [5, 5.41) is 18.5. The van der Waals surface area contributed by atoms with E-state index in [1.54, 1.807) is 6.20 Å². The monoisotopic (exact) mass is 859 g/mol. The van der Waals surface area contributed by atoms with Gasteiger partial charge in [-0.2, -0.15) is 0 Å². The Labute approximate surface area is 371 Å². The first-order chi connectivity index (χ1) is 31.1. The Balaban J connectivity index is 1.07. The second-order valence-corrected chi connectivity index (χ2v) is 15.9. The molecule has 10 N–H and O–H groups in total. The SMILES string of the molecule is NCC(=O)N[C@H](Cc1ccc2ccccc2c1)C(=O)N[C@@H](Cc1c[nH]c2ccccc12)C(=O)N[C@H](Cc1ccccc1)C(=O)N[C@@H](CCCCNc1ccc2ccccc2n1)C(N)=O. The fourth-order valence-electron chi connectivity index (χ4n) is 7.81. The van der Waals surface area contributed by atoms with Gasteiger partial charge in [-0.25, -0.2) is 4.98 Å². The Bertz CT molecular complexity index is 2740. The van der Waals surface area contributed by atoms with Crippen LogP contribution in [0.5, 0.6) is 0 Å². The number of unbranched alkanes of at least 4 members (excludes halogenated alkanes) is 1. The maximum absolute atomic E-state index is 14.6. The summed E-state index contributed by atoms with van der Waals surface area (Å²) < 4.78 is 0. The third-order valence-corrected chi connectivity index (χ3v) is 11.2. The summed E-state index contributed by atoms with van der Waals surface area (Å²) >= 11 is 0. The summed E-state index contributed by atoms with van der Waals surface area (Å²) in [6, 6.07) is 37.6. The first kappa shape index (κ1) is 44.5. The number of nitrogens with two attached hydrogens (primary N) is 2. The van der Waals surface area contributed by atoms with Gasteiger partial charge >= 0.3 is 0 Å². The summed E-state index contributed by atoms with van der Waals surface area (Å²) in [4.78, 5) is 76.3. The van der Waals surface area contributed by atoms with E-state index in [2.05, 4.69) is 36.6 Å². The van der Waals surface area contributed by atoms with E-state index in [1.807, 2.05) is 133 Å². The number of carbonyl (C=O) groups excluding carboxylic acids is 5. The molecule has 64 heavy (non-hydrogen) atoms. The molecular formula is C50H53N9O5. The summed E-state index contributed by atoms with van der Waals surface area (Å²) in [5.41, 5.74) is 15.5. The normalized spacial score (nSPS) is 13.1. The molecule has 2 aromatic heterocycles. The molecule has 0 unspecified atom stereocenters. The van der Waals surface area contributed by atoms with Crippen LogP contribution in [0.2, 0.25) is 0 Å². The zero-order valence-electron chi connectivity index (χ0n) is 35.4. The van der Waals surface area contributed by atoms with Crippen LogP contribution >= 0.6 is 0 Å². The van der Waals surface area contributed by atoms with Gasteiger partial charge in [-0.05, 0) is 71.0 Å². The van der Waals surface area contributed by atoms with Gasteiger partial charge in [0.25, 0.3) is 0 Å². The van der Waals surface area contributed by atoms with E-state index in [0.29, 0.717) is 19.4 Å². The van der Waals surface area contributed by atoms with Gasteiger partial charge in [-0.1, -0.05) is 109 Å². The van der Waals surface area contributed by atoms with Crippen molar-refractivity contribution in [1.82, 2.24) is 31.2 Å². The minimum atomic E-state index is -1.21. The number of H-pyrrole nitrogens is 1. The van der Waals surface area contributed by atoms with Gasteiger partial charge in [0.1, 0.15) is 30.0 Å². The first-order valence-corrected chi connectivity index (χ1v) is 21.5. The van der Waals surface area contributed by atoms with E-state index < -0.39 is 53.7 Å². The molecule has 7 rings (SSSR count). The number of rotatable bonds is 21. The van der Waals surface area contributed by atoms with Crippen molar-refractivity contribution in [2.45, 2.75) is 62.7 Å². The van der Waals surface area contributed by atoms with Gasteiger partial charge in [0, 0.05) is 48.3 Å². The van der Waals surface area contributed by atoms with E-state index in [-0.39, 0.29) is 32.2 Å². The number of hydrogen-bond acceptors (Lipinski definition) is 8. The highest BCUT2D eigenvalue weighted by molar-refractivity contribution is 5.96. The Morgan fingerprint density at radius 3 is 1.94 bits per heavy atom. The zero-order chi connectivity index (χ0) is 44.8. The lowest BCUT2D eigenvalue weighted by molar-refractivity contribution is -0.134. The quantitative estimate of drug-likeness (QED) is 0.0477. The third kappa shape index (κ3) is 11.9. The number of pyridine rings is 1. The number of benzene rings is 5. The van der Waals surface area contributed by atoms with Gasteiger partial charge in [0.05, 0.1) is 12.1 Å². The minimum absolute atomic E-state index is 0.0431. The van der Waals surface area contributed by atoms with Crippen LogP contribution in [0.25, 0.3) is 32.6 Å². The van der Waals surface area contributed by atoms with Crippen molar-refractivity contribution in [1.29, 1.82) is 0 Å². The lowest BCUT2D eigenvalue weighted by Gasteiger charge is -2.26. The average Bonchev–Trinajstić information content (AvgIpc) is 3.72. The zero-order valence-corrected chi connectivity index (χ0v) is 35.4. The maximum Gasteiger partial charge on any atom is 0.243 e. The average molecular weight is 860 g/mol. The van der Waals surface area contributed by atoms with Crippen LogP contribution in [0.1, 0.15) is 36.0 Å². The number of para-hydroxylation sites is 2. The van der Waals surface area contributed by atoms with Gasteiger partial charge in [-0.15, -0.1) is 0 Å². The van der Waals surface area contributed by atoms with Crippen molar-refractivity contribution in [2.24, 2.45) is 11.5 Å². The molecule has 0 spiro atoms. The number of aromatic nitrogens is 2. The number of primary amides is 1. The molecule has 14 heteroatoms. The van der Waals surface area contributed by atoms with Crippen LogP contribution in [0, 0.1) is 0 Å². The summed E-state index contributed by atoms with van der Waals surface area (Å²) in [5.74, 6) is -2.38. The number of amides is 5.